The van der Waals surface area contributed by atoms with Gasteiger partial charge >= 0.3 is 6.03 Å². The number of anilines is 1. The lowest BCUT2D eigenvalue weighted by atomic mass is 9.85. The van der Waals surface area contributed by atoms with Crippen LogP contribution in [0.1, 0.15) is 81.8 Å². The molecule has 3 aromatic heterocycles. The Morgan fingerprint density at radius 3 is 2.55 bits per heavy atom. The van der Waals surface area contributed by atoms with Crippen LogP contribution in [0.3, 0.4) is 0 Å². The van der Waals surface area contributed by atoms with Crippen LogP contribution >= 0.6 is 0 Å². The van der Waals surface area contributed by atoms with Gasteiger partial charge in [-0.05, 0) is 55.4 Å². The Bertz CT molecular complexity index is 1790. The van der Waals surface area contributed by atoms with Crippen LogP contribution in [0.15, 0.2) is 60.9 Å². The standard InChI is InChI=1S/C34H44N10O3/c1-34(2,3)28-21-31(44(39-28)30-15-18-42(40-30)19-20-45)38-33(46)37-26-12-13-27(25-10-6-5-9-24(25)26)47-23-11-14-29(35)43(22-23)32(36)41-16-7-4-8-17-41/h5-6,9-11,14-15,18,21-22,26-27,35-36,45H,4,7-8,12-13,16-17,19-20H2,1-3H3,(H2,37,38,46). The zero-order chi connectivity index (χ0) is 33.1. The molecule has 1 aliphatic heterocycles. The Balaban J connectivity index is 1.18. The van der Waals surface area contributed by atoms with Gasteiger partial charge in [0.15, 0.2) is 5.82 Å². The van der Waals surface area contributed by atoms with Gasteiger partial charge in [-0.2, -0.15) is 14.9 Å². The van der Waals surface area contributed by atoms with Crippen molar-refractivity contribution < 1.29 is 14.6 Å². The third-order valence-corrected chi connectivity index (χ3v) is 8.72. The van der Waals surface area contributed by atoms with E-state index in [1.807, 2.05) is 35.2 Å². The first-order valence-corrected chi connectivity index (χ1v) is 16.3. The van der Waals surface area contributed by atoms with E-state index in [1.54, 1.807) is 44.5 Å². The number of hydrogen-bond donors (Lipinski definition) is 5. The second kappa shape index (κ2) is 13.4. The topological polar surface area (TPSA) is 162 Å². The Hall–Kier alpha value is -4.91. The highest BCUT2D eigenvalue weighted by Gasteiger charge is 2.30. The van der Waals surface area contributed by atoms with E-state index in [-0.39, 0.29) is 35.7 Å². The van der Waals surface area contributed by atoms with Gasteiger partial charge in [-0.25, -0.2) is 4.79 Å². The third kappa shape index (κ3) is 7.09. The molecule has 1 aliphatic carbocycles. The molecule has 6 rings (SSSR count). The number of carbonyl (C=O) groups excluding carboxylic acids is 1. The number of ether oxygens (including phenoxy) is 1. The van der Waals surface area contributed by atoms with Gasteiger partial charge in [0.05, 0.1) is 31.1 Å². The van der Waals surface area contributed by atoms with E-state index in [0.717, 1.165) is 42.8 Å². The molecule has 248 valence electrons. The van der Waals surface area contributed by atoms with Crippen molar-refractivity contribution in [3.63, 3.8) is 0 Å². The number of aliphatic hydroxyl groups is 1. The lowest BCUT2D eigenvalue weighted by Crippen LogP contribution is -2.42. The average molecular weight is 641 g/mol. The van der Waals surface area contributed by atoms with Gasteiger partial charge < -0.3 is 20.1 Å². The number of piperidine rings is 1. The number of benzene rings is 1. The first-order valence-electron chi connectivity index (χ1n) is 16.3. The minimum absolute atomic E-state index is 0.0311. The highest BCUT2D eigenvalue weighted by Crippen LogP contribution is 2.38. The predicted molar refractivity (Wildman–Crippen MR) is 178 cm³/mol. The molecule has 0 saturated carbocycles. The summed E-state index contributed by atoms with van der Waals surface area (Å²) < 4.78 is 11.3. The molecule has 13 heteroatoms. The second-order valence-corrected chi connectivity index (χ2v) is 13.2. The lowest BCUT2D eigenvalue weighted by molar-refractivity contribution is 0.171. The number of nitrogens with zero attached hydrogens (tertiary/aromatic N) is 6. The molecule has 5 N–H and O–H groups in total. The van der Waals surface area contributed by atoms with E-state index in [9.17, 15) is 9.90 Å². The maximum Gasteiger partial charge on any atom is 0.320 e. The third-order valence-electron chi connectivity index (χ3n) is 8.72. The molecule has 1 fully saturated rings. The van der Waals surface area contributed by atoms with Crippen molar-refractivity contribution in [1.29, 1.82) is 10.8 Å². The van der Waals surface area contributed by atoms with Crippen molar-refractivity contribution >= 4 is 17.8 Å². The molecule has 4 aromatic rings. The summed E-state index contributed by atoms with van der Waals surface area (Å²) in [6.45, 7) is 8.16. The van der Waals surface area contributed by atoms with Gasteiger partial charge in [-0.1, -0.05) is 45.0 Å². The summed E-state index contributed by atoms with van der Waals surface area (Å²) in [6.07, 6.45) is 7.87. The number of nitrogens with one attached hydrogen (secondary N) is 4. The van der Waals surface area contributed by atoms with Crippen molar-refractivity contribution in [2.45, 2.75) is 77.0 Å². The number of pyridine rings is 1. The SMILES string of the molecule is CC(C)(C)c1cc(NC(=O)NC2CCC(Oc3ccc(=N)n(C(=N)N4CCCCC4)c3)c3ccccc32)n(-c2ccn(CCO)n2)n1. The van der Waals surface area contributed by atoms with Crippen LogP contribution in [0.4, 0.5) is 10.6 Å². The van der Waals surface area contributed by atoms with Gasteiger partial charge in [-0.15, -0.1) is 0 Å². The zero-order valence-electron chi connectivity index (χ0n) is 27.2. The average Bonchev–Trinajstić information content (AvgIpc) is 3.70. The summed E-state index contributed by atoms with van der Waals surface area (Å²) in [6, 6.07) is 14.5. The van der Waals surface area contributed by atoms with Crippen molar-refractivity contribution in [3.05, 3.63) is 83.2 Å². The summed E-state index contributed by atoms with van der Waals surface area (Å²) >= 11 is 0. The molecule has 2 unspecified atom stereocenters. The molecule has 1 saturated heterocycles. The number of likely N-dealkylation sites (tertiary alicyclic amines) is 1. The molecule has 13 nitrogen and oxygen atoms in total. The summed E-state index contributed by atoms with van der Waals surface area (Å²) in [5.74, 6) is 1.93. The Labute approximate surface area is 274 Å². The fraction of sp³-hybridized carbons (Fsp3) is 0.441. The van der Waals surface area contributed by atoms with Gasteiger partial charge in [0.25, 0.3) is 0 Å². The minimum atomic E-state index is -0.358. The Morgan fingerprint density at radius 1 is 1.04 bits per heavy atom. The Kier molecular flexibility index (Phi) is 9.17. The fourth-order valence-corrected chi connectivity index (χ4v) is 6.18. The van der Waals surface area contributed by atoms with E-state index in [2.05, 4.69) is 36.5 Å². The molecule has 2 aliphatic rings. The highest BCUT2D eigenvalue weighted by molar-refractivity contribution is 5.89. The Morgan fingerprint density at radius 2 is 1.81 bits per heavy atom. The first kappa shape index (κ1) is 32.0. The zero-order valence-corrected chi connectivity index (χ0v) is 27.2. The molecule has 0 radical (unpaired) electrons. The fourth-order valence-electron chi connectivity index (χ4n) is 6.18. The molecular weight excluding hydrogens is 596 g/mol. The maximum absolute atomic E-state index is 13.5. The summed E-state index contributed by atoms with van der Waals surface area (Å²) in [5.41, 5.74) is 2.76. The number of aliphatic hydroxyl groups excluding tert-OH is 1. The molecule has 0 spiro atoms. The first-order chi connectivity index (χ1) is 22.6. The van der Waals surface area contributed by atoms with Crippen LogP contribution < -0.4 is 20.9 Å². The molecule has 4 heterocycles. The molecular formula is C34H44N10O3. The number of carbonyl (C=O) groups is 1. The monoisotopic (exact) mass is 640 g/mol. The van der Waals surface area contributed by atoms with Crippen molar-refractivity contribution in [2.24, 2.45) is 0 Å². The van der Waals surface area contributed by atoms with Gasteiger partial charge in [0.1, 0.15) is 23.2 Å². The smallest absolute Gasteiger partial charge is 0.320 e. The van der Waals surface area contributed by atoms with E-state index < -0.39 is 0 Å². The molecule has 47 heavy (non-hydrogen) atoms. The molecule has 1 aromatic carbocycles. The van der Waals surface area contributed by atoms with Crippen molar-refractivity contribution in [1.82, 2.24) is 34.3 Å². The summed E-state index contributed by atoms with van der Waals surface area (Å²) in [5, 5.41) is 41.9. The number of urea groups is 1. The molecule has 0 bridgehead atoms. The lowest BCUT2D eigenvalue weighted by Gasteiger charge is -2.33. The van der Waals surface area contributed by atoms with E-state index in [1.165, 1.54) is 6.42 Å². The molecule has 2 amide bonds. The van der Waals surface area contributed by atoms with Gasteiger partial charge in [-0.3, -0.25) is 25.4 Å². The number of aromatic nitrogens is 5. The van der Waals surface area contributed by atoms with Crippen LogP contribution in [0, 0.1) is 10.8 Å². The maximum atomic E-state index is 13.5. The van der Waals surface area contributed by atoms with Crippen molar-refractivity contribution in [2.75, 3.05) is 25.0 Å². The number of hydrogen-bond acceptors (Lipinski definition) is 7. The summed E-state index contributed by atoms with van der Waals surface area (Å²) in [4.78, 5) is 15.5. The van der Waals surface area contributed by atoms with Crippen LogP contribution in [0.25, 0.3) is 5.82 Å². The second-order valence-electron chi connectivity index (χ2n) is 13.2. The quantitative estimate of drug-likeness (QED) is 0.146. The number of amides is 2. The predicted octanol–water partition coefficient (Wildman–Crippen LogP) is 4.69. The van der Waals surface area contributed by atoms with E-state index >= 15 is 0 Å². The van der Waals surface area contributed by atoms with Crippen LogP contribution in [0.2, 0.25) is 0 Å². The van der Waals surface area contributed by atoms with Crippen molar-refractivity contribution in [3.8, 4) is 11.6 Å². The van der Waals surface area contributed by atoms with Gasteiger partial charge in [0.2, 0.25) is 5.96 Å². The van der Waals surface area contributed by atoms with Crippen LogP contribution in [0.5, 0.6) is 5.75 Å². The largest absolute Gasteiger partial charge is 0.484 e. The van der Waals surface area contributed by atoms with E-state index in [0.29, 0.717) is 42.7 Å². The summed E-state index contributed by atoms with van der Waals surface area (Å²) in [7, 11) is 0. The van der Waals surface area contributed by atoms with E-state index in [4.69, 9.17) is 20.7 Å². The van der Waals surface area contributed by atoms with Gasteiger partial charge in [0, 0.05) is 36.8 Å². The number of rotatable bonds is 7. The highest BCUT2D eigenvalue weighted by atomic mass is 16.5. The molecule has 2 atom stereocenters. The number of fused-ring (bicyclic) bond motifs is 1. The normalized spacial score (nSPS) is 18.0. The van der Waals surface area contributed by atoms with Crippen LogP contribution in [-0.4, -0.2) is 65.8 Å². The minimum Gasteiger partial charge on any atom is -0.484 e. The van der Waals surface area contributed by atoms with Crippen LogP contribution in [-0.2, 0) is 12.0 Å².